The lowest BCUT2D eigenvalue weighted by Crippen LogP contribution is -2.28. The lowest BCUT2D eigenvalue weighted by molar-refractivity contribution is 0.0794. The van der Waals surface area contributed by atoms with Gasteiger partial charge in [0.1, 0.15) is 0 Å². The number of benzene rings is 1. The Hall–Kier alpha value is -1.55. The van der Waals surface area contributed by atoms with Crippen molar-refractivity contribution in [2.45, 2.75) is 32.1 Å². The van der Waals surface area contributed by atoms with Gasteiger partial charge in [-0.1, -0.05) is 22.0 Å². The smallest absolute Gasteiger partial charge is 0.169 e. The van der Waals surface area contributed by atoms with Crippen molar-refractivity contribution in [3.63, 3.8) is 0 Å². The van der Waals surface area contributed by atoms with Crippen molar-refractivity contribution in [3.8, 4) is 0 Å². The number of ketones is 1. The van der Waals surface area contributed by atoms with Crippen molar-refractivity contribution in [2.24, 2.45) is 5.41 Å². The number of hydrogen-bond donors (Lipinski definition) is 0. The van der Waals surface area contributed by atoms with E-state index >= 15 is 0 Å². The van der Waals surface area contributed by atoms with Crippen LogP contribution in [0.4, 0.5) is 0 Å². The van der Waals surface area contributed by atoms with Gasteiger partial charge in [-0.05, 0) is 60.9 Å². The van der Waals surface area contributed by atoms with Crippen molar-refractivity contribution < 1.29 is 4.79 Å². The minimum absolute atomic E-state index is 0.220. The Morgan fingerprint density at radius 2 is 1.67 bits per heavy atom. The summed E-state index contributed by atoms with van der Waals surface area (Å²) in [6, 6.07) is 6.10. The molecule has 1 aromatic carbocycles. The van der Waals surface area contributed by atoms with Crippen LogP contribution in [0.2, 0.25) is 0 Å². The molecule has 21 heavy (non-hydrogen) atoms. The summed E-state index contributed by atoms with van der Waals surface area (Å²) in [7, 11) is 0. The third kappa shape index (κ3) is 2.04. The molecule has 0 amide bonds. The van der Waals surface area contributed by atoms with Gasteiger partial charge < -0.3 is 0 Å². The number of fused-ring (bicyclic) bond motifs is 2. The minimum Gasteiger partial charge on any atom is -0.294 e. The Morgan fingerprint density at radius 1 is 1.00 bits per heavy atom. The molecule has 0 unspecified atom stereocenters. The first-order valence-electron chi connectivity index (χ1n) is 7.30. The lowest BCUT2D eigenvalue weighted by atomic mass is 9.76. The van der Waals surface area contributed by atoms with E-state index in [1.165, 1.54) is 16.7 Å². The van der Waals surface area contributed by atoms with Crippen LogP contribution in [0.5, 0.6) is 0 Å². The molecule has 0 aliphatic heterocycles. The van der Waals surface area contributed by atoms with Gasteiger partial charge in [0.25, 0.3) is 0 Å². The van der Waals surface area contributed by atoms with E-state index in [-0.39, 0.29) is 5.41 Å². The predicted molar refractivity (Wildman–Crippen MR) is 83.3 cm³/mol. The number of hydrogen-bond acceptors (Lipinski definition) is 3. The monoisotopic (exact) mass is 342 g/mol. The third-order valence-corrected chi connectivity index (χ3v) is 5.47. The molecule has 0 saturated heterocycles. The van der Waals surface area contributed by atoms with E-state index < -0.39 is 0 Å². The minimum atomic E-state index is -0.220. The fraction of sp³-hybridized carbons (Fsp3) is 0.353. The molecular weight excluding hydrogens is 328 g/mol. The van der Waals surface area contributed by atoms with Crippen molar-refractivity contribution in [2.75, 3.05) is 0 Å². The number of aromatic nitrogens is 2. The number of carbonyl (C=O) groups is 1. The largest absolute Gasteiger partial charge is 0.294 e. The molecular formula is C17H15BrN2O. The van der Waals surface area contributed by atoms with Crippen molar-refractivity contribution >= 4 is 21.7 Å². The number of halogens is 1. The first kappa shape index (κ1) is 13.1. The van der Waals surface area contributed by atoms with Gasteiger partial charge in [-0.2, -0.15) is 10.2 Å². The van der Waals surface area contributed by atoms with Gasteiger partial charge in [0.15, 0.2) is 5.78 Å². The average molecular weight is 343 g/mol. The molecule has 0 atom stereocenters. The van der Waals surface area contributed by atoms with Gasteiger partial charge in [-0.3, -0.25) is 4.79 Å². The van der Waals surface area contributed by atoms with Gasteiger partial charge in [0.2, 0.25) is 0 Å². The molecule has 2 aromatic rings. The van der Waals surface area contributed by atoms with Crippen molar-refractivity contribution in [1.82, 2.24) is 10.2 Å². The standard InChI is InChI=1S/C17H15BrN2O/c18-14-2-1-11-8-17(16(21)15(11)7-14)5-3-12-9-19-20-10-13(12)4-6-17/h1-2,7,9-10H,3-6,8H2. The maximum absolute atomic E-state index is 13.0. The summed E-state index contributed by atoms with van der Waals surface area (Å²) in [6.45, 7) is 0. The second-order valence-corrected chi connectivity index (χ2v) is 7.04. The molecule has 3 nitrogen and oxygen atoms in total. The molecule has 0 N–H and O–H groups in total. The van der Waals surface area contributed by atoms with E-state index in [2.05, 4.69) is 32.2 Å². The molecule has 2 aliphatic rings. The van der Waals surface area contributed by atoms with E-state index in [1.54, 1.807) is 0 Å². The highest BCUT2D eigenvalue weighted by Gasteiger charge is 2.45. The fourth-order valence-electron chi connectivity index (χ4n) is 3.74. The SMILES string of the molecule is O=C1c2cc(Br)ccc2CC12CCc1cnncc1CC2. The highest BCUT2D eigenvalue weighted by Crippen LogP contribution is 2.46. The van der Waals surface area contributed by atoms with E-state index in [9.17, 15) is 4.79 Å². The topological polar surface area (TPSA) is 42.9 Å². The molecule has 1 spiro atoms. The van der Waals surface area contributed by atoms with Crippen LogP contribution in [0.15, 0.2) is 35.1 Å². The maximum Gasteiger partial charge on any atom is 0.169 e. The summed E-state index contributed by atoms with van der Waals surface area (Å²) in [4.78, 5) is 13.0. The van der Waals surface area contributed by atoms with Gasteiger partial charge in [-0.15, -0.1) is 0 Å². The Bertz CT molecular complexity index is 714. The quantitative estimate of drug-likeness (QED) is 0.735. The van der Waals surface area contributed by atoms with Gasteiger partial charge in [0, 0.05) is 15.5 Å². The Morgan fingerprint density at radius 3 is 2.33 bits per heavy atom. The molecule has 106 valence electrons. The van der Waals surface area contributed by atoms with Crippen LogP contribution in [0.1, 0.15) is 39.9 Å². The normalized spacial score (nSPS) is 19.2. The predicted octanol–water partition coefficient (Wildman–Crippen LogP) is 3.54. The summed E-state index contributed by atoms with van der Waals surface area (Å²) >= 11 is 3.47. The molecule has 1 aromatic heterocycles. The molecule has 2 aliphatic carbocycles. The molecule has 0 fully saturated rings. The molecule has 0 radical (unpaired) electrons. The van der Waals surface area contributed by atoms with E-state index in [0.717, 1.165) is 42.1 Å². The van der Waals surface area contributed by atoms with Crippen LogP contribution >= 0.6 is 15.9 Å². The number of Topliss-reactive ketones (excluding diaryl/α,β-unsaturated/α-hetero) is 1. The Kier molecular flexibility index (Phi) is 2.96. The van der Waals surface area contributed by atoms with Crippen LogP contribution in [-0.2, 0) is 19.3 Å². The summed E-state index contributed by atoms with van der Waals surface area (Å²) < 4.78 is 0.983. The second kappa shape index (κ2) is 4.73. The summed E-state index contributed by atoms with van der Waals surface area (Å²) in [5, 5.41) is 7.97. The highest BCUT2D eigenvalue weighted by molar-refractivity contribution is 9.10. The Labute approximate surface area is 131 Å². The molecule has 1 heterocycles. The zero-order valence-corrected chi connectivity index (χ0v) is 13.2. The van der Waals surface area contributed by atoms with Crippen LogP contribution in [0.3, 0.4) is 0 Å². The van der Waals surface area contributed by atoms with Gasteiger partial charge in [-0.25, -0.2) is 0 Å². The van der Waals surface area contributed by atoms with E-state index in [1.807, 2.05) is 24.5 Å². The van der Waals surface area contributed by atoms with Gasteiger partial charge >= 0.3 is 0 Å². The zero-order valence-electron chi connectivity index (χ0n) is 11.6. The molecule has 4 rings (SSSR count). The maximum atomic E-state index is 13.0. The number of rotatable bonds is 0. The number of carbonyl (C=O) groups excluding carboxylic acids is 1. The van der Waals surface area contributed by atoms with E-state index in [4.69, 9.17) is 0 Å². The van der Waals surface area contributed by atoms with Crippen LogP contribution in [0.25, 0.3) is 0 Å². The third-order valence-electron chi connectivity index (χ3n) is 4.98. The van der Waals surface area contributed by atoms with E-state index in [0.29, 0.717) is 5.78 Å². The highest BCUT2D eigenvalue weighted by atomic mass is 79.9. The lowest BCUT2D eigenvalue weighted by Gasteiger charge is -2.25. The fourth-order valence-corrected chi connectivity index (χ4v) is 4.10. The van der Waals surface area contributed by atoms with Crippen molar-refractivity contribution in [3.05, 3.63) is 57.3 Å². The Balaban J connectivity index is 1.70. The molecule has 4 heteroatoms. The first-order chi connectivity index (χ1) is 10.2. The van der Waals surface area contributed by atoms with Crippen LogP contribution < -0.4 is 0 Å². The zero-order chi connectivity index (χ0) is 14.4. The summed E-state index contributed by atoms with van der Waals surface area (Å²) in [6.07, 6.45) is 8.27. The molecule has 0 bridgehead atoms. The second-order valence-electron chi connectivity index (χ2n) is 6.13. The summed E-state index contributed by atoms with van der Waals surface area (Å²) in [5.74, 6) is 0.326. The average Bonchev–Trinajstić information content (AvgIpc) is 2.66. The summed E-state index contributed by atoms with van der Waals surface area (Å²) in [5.41, 5.74) is 4.40. The van der Waals surface area contributed by atoms with Crippen LogP contribution in [0, 0.1) is 5.41 Å². The molecule has 0 saturated carbocycles. The number of nitrogens with zero attached hydrogens (tertiary/aromatic N) is 2. The first-order valence-corrected chi connectivity index (χ1v) is 8.09. The number of aryl methyl sites for hydroxylation is 2. The van der Waals surface area contributed by atoms with Gasteiger partial charge in [0.05, 0.1) is 12.4 Å². The van der Waals surface area contributed by atoms with Crippen LogP contribution in [-0.4, -0.2) is 16.0 Å². The van der Waals surface area contributed by atoms with Crippen molar-refractivity contribution in [1.29, 1.82) is 0 Å².